The van der Waals surface area contributed by atoms with Gasteiger partial charge in [0.15, 0.2) is 0 Å². The summed E-state index contributed by atoms with van der Waals surface area (Å²) in [6.45, 7) is 2.27. The minimum atomic E-state index is -0.0691. The van der Waals surface area contributed by atoms with Gasteiger partial charge in [-0.05, 0) is 35.4 Å². The molecule has 1 aliphatic heterocycles. The standard InChI is InChI=1S/C28H28N4O2S/c33-27(29-18-21-8-3-1-4-9-21)23-13-15-31(16-14-23)28(34)24-20-32(19-22-10-5-2-6-11-22)30-26(24)25-12-7-17-35-25/h1-12,17,20,23H,13-16,18-19H2,(H,29,33). The number of benzene rings is 2. The van der Waals surface area contributed by atoms with E-state index in [2.05, 4.69) is 17.4 Å². The number of nitrogens with one attached hydrogen (secondary N) is 1. The molecule has 4 aromatic rings. The first kappa shape index (κ1) is 23.1. The molecular weight excluding hydrogens is 456 g/mol. The smallest absolute Gasteiger partial charge is 0.257 e. The summed E-state index contributed by atoms with van der Waals surface area (Å²) in [6.07, 6.45) is 3.20. The fourth-order valence-corrected chi connectivity index (χ4v) is 5.19. The largest absolute Gasteiger partial charge is 0.352 e. The van der Waals surface area contributed by atoms with Crippen LogP contribution in [0.25, 0.3) is 10.6 Å². The van der Waals surface area contributed by atoms with Gasteiger partial charge in [0.1, 0.15) is 5.69 Å². The Bertz CT molecular complexity index is 1260. The summed E-state index contributed by atoms with van der Waals surface area (Å²) in [5.74, 6) is -0.0212. The number of hydrogen-bond donors (Lipinski definition) is 1. The van der Waals surface area contributed by atoms with Gasteiger partial charge in [-0.3, -0.25) is 14.3 Å². The lowest BCUT2D eigenvalue weighted by molar-refractivity contribution is -0.126. The Morgan fingerprint density at radius 1 is 0.914 bits per heavy atom. The highest BCUT2D eigenvalue weighted by Gasteiger charge is 2.30. The van der Waals surface area contributed by atoms with Gasteiger partial charge in [-0.2, -0.15) is 5.10 Å². The number of piperidine rings is 1. The topological polar surface area (TPSA) is 67.2 Å². The molecule has 0 radical (unpaired) electrons. The molecule has 1 saturated heterocycles. The molecule has 0 aliphatic carbocycles. The molecule has 0 spiro atoms. The summed E-state index contributed by atoms with van der Waals surface area (Å²) in [7, 11) is 0. The van der Waals surface area contributed by atoms with Crippen LogP contribution in [0.1, 0.15) is 34.3 Å². The first-order valence-electron chi connectivity index (χ1n) is 11.9. The van der Waals surface area contributed by atoms with E-state index >= 15 is 0 Å². The Balaban J connectivity index is 1.25. The summed E-state index contributed by atoms with van der Waals surface area (Å²) in [4.78, 5) is 29.1. The molecule has 2 aromatic carbocycles. The molecule has 0 unspecified atom stereocenters. The number of aromatic nitrogens is 2. The second-order valence-electron chi connectivity index (χ2n) is 8.82. The predicted octanol–water partition coefficient (Wildman–Crippen LogP) is 4.83. The SMILES string of the molecule is O=C(NCc1ccccc1)C1CCN(C(=O)c2cn(Cc3ccccc3)nc2-c2cccs2)CC1. The van der Waals surface area contributed by atoms with Crippen LogP contribution in [0.4, 0.5) is 0 Å². The summed E-state index contributed by atoms with van der Waals surface area (Å²) >= 11 is 1.58. The maximum absolute atomic E-state index is 13.5. The van der Waals surface area contributed by atoms with Gasteiger partial charge < -0.3 is 10.2 Å². The average Bonchev–Trinajstić information content (AvgIpc) is 3.58. The lowest BCUT2D eigenvalue weighted by atomic mass is 9.95. The van der Waals surface area contributed by atoms with Crippen LogP contribution in [-0.2, 0) is 17.9 Å². The Hall–Kier alpha value is -3.71. The third-order valence-corrected chi connectivity index (χ3v) is 7.27. The molecule has 6 nitrogen and oxygen atoms in total. The van der Waals surface area contributed by atoms with Gasteiger partial charge in [0.25, 0.3) is 5.91 Å². The van der Waals surface area contributed by atoms with Crippen LogP contribution in [0.5, 0.6) is 0 Å². The Morgan fingerprint density at radius 3 is 2.26 bits per heavy atom. The van der Waals surface area contributed by atoms with Crippen molar-refractivity contribution >= 4 is 23.2 Å². The van der Waals surface area contributed by atoms with Gasteiger partial charge in [0.05, 0.1) is 17.0 Å². The Labute approximate surface area is 209 Å². The summed E-state index contributed by atoms with van der Waals surface area (Å²) in [6, 6.07) is 24.0. The maximum Gasteiger partial charge on any atom is 0.257 e. The molecule has 1 fully saturated rings. The van der Waals surface area contributed by atoms with E-state index in [-0.39, 0.29) is 17.7 Å². The number of nitrogens with zero attached hydrogens (tertiary/aromatic N) is 3. The monoisotopic (exact) mass is 484 g/mol. The van der Waals surface area contributed by atoms with Gasteiger partial charge in [-0.15, -0.1) is 11.3 Å². The molecule has 178 valence electrons. The van der Waals surface area contributed by atoms with Crippen molar-refractivity contribution < 1.29 is 9.59 Å². The second-order valence-corrected chi connectivity index (χ2v) is 9.77. The van der Waals surface area contributed by atoms with Gasteiger partial charge in [-0.1, -0.05) is 66.7 Å². The fraction of sp³-hybridized carbons (Fsp3) is 0.250. The van der Waals surface area contributed by atoms with Crippen molar-refractivity contribution in [3.8, 4) is 10.6 Å². The molecule has 3 heterocycles. The molecule has 1 N–H and O–H groups in total. The van der Waals surface area contributed by atoms with Crippen LogP contribution in [-0.4, -0.2) is 39.6 Å². The minimum Gasteiger partial charge on any atom is -0.352 e. The summed E-state index contributed by atoms with van der Waals surface area (Å²) in [5, 5.41) is 9.82. The number of rotatable bonds is 7. The maximum atomic E-state index is 13.5. The van der Waals surface area contributed by atoms with Crippen molar-refractivity contribution in [2.45, 2.75) is 25.9 Å². The number of thiophene rings is 1. The minimum absolute atomic E-state index is 0.0177. The summed E-state index contributed by atoms with van der Waals surface area (Å²) in [5.41, 5.74) is 3.56. The number of hydrogen-bond acceptors (Lipinski definition) is 4. The number of amides is 2. The lowest BCUT2D eigenvalue weighted by Crippen LogP contribution is -2.43. The van der Waals surface area contributed by atoms with Crippen molar-refractivity contribution in [3.63, 3.8) is 0 Å². The lowest BCUT2D eigenvalue weighted by Gasteiger charge is -2.31. The van der Waals surface area contributed by atoms with Gasteiger partial charge in [0, 0.05) is 31.7 Å². The third-order valence-electron chi connectivity index (χ3n) is 6.40. The number of carbonyl (C=O) groups excluding carboxylic acids is 2. The van der Waals surface area contributed by atoms with E-state index < -0.39 is 0 Å². The van der Waals surface area contributed by atoms with E-state index in [1.165, 1.54) is 0 Å². The zero-order valence-electron chi connectivity index (χ0n) is 19.5. The second kappa shape index (κ2) is 10.7. The van der Waals surface area contributed by atoms with Crippen molar-refractivity contribution in [1.29, 1.82) is 0 Å². The van der Waals surface area contributed by atoms with Crippen molar-refractivity contribution in [2.75, 3.05) is 13.1 Å². The van der Waals surface area contributed by atoms with E-state index in [1.54, 1.807) is 11.3 Å². The first-order valence-corrected chi connectivity index (χ1v) is 12.8. The zero-order valence-corrected chi connectivity index (χ0v) is 20.3. The van der Waals surface area contributed by atoms with E-state index in [9.17, 15) is 9.59 Å². The molecule has 5 rings (SSSR count). The Morgan fingerprint density at radius 2 is 1.60 bits per heavy atom. The molecule has 0 bridgehead atoms. The van der Waals surface area contributed by atoms with Crippen LogP contribution >= 0.6 is 11.3 Å². The van der Waals surface area contributed by atoms with Gasteiger partial charge >= 0.3 is 0 Å². The van der Waals surface area contributed by atoms with Crippen molar-refractivity contribution in [1.82, 2.24) is 20.0 Å². The first-order chi connectivity index (χ1) is 17.2. The molecule has 7 heteroatoms. The van der Waals surface area contributed by atoms with Crippen LogP contribution in [0.15, 0.2) is 84.4 Å². The van der Waals surface area contributed by atoms with Crippen LogP contribution in [0, 0.1) is 5.92 Å². The molecule has 2 amide bonds. The van der Waals surface area contributed by atoms with Crippen molar-refractivity contribution in [2.24, 2.45) is 5.92 Å². The predicted molar refractivity (Wildman–Crippen MR) is 138 cm³/mol. The number of likely N-dealkylation sites (tertiary alicyclic amines) is 1. The van der Waals surface area contributed by atoms with Crippen LogP contribution in [0.2, 0.25) is 0 Å². The van der Waals surface area contributed by atoms with Gasteiger partial charge in [-0.25, -0.2) is 0 Å². The highest BCUT2D eigenvalue weighted by Crippen LogP contribution is 2.29. The average molecular weight is 485 g/mol. The van der Waals surface area contributed by atoms with E-state index in [0.29, 0.717) is 44.6 Å². The number of carbonyl (C=O) groups is 2. The highest BCUT2D eigenvalue weighted by molar-refractivity contribution is 7.13. The zero-order chi connectivity index (χ0) is 24.0. The van der Waals surface area contributed by atoms with E-state index in [1.807, 2.05) is 81.8 Å². The van der Waals surface area contributed by atoms with Gasteiger partial charge in [0.2, 0.25) is 5.91 Å². The molecule has 2 aromatic heterocycles. The van der Waals surface area contributed by atoms with Crippen LogP contribution in [0.3, 0.4) is 0 Å². The van der Waals surface area contributed by atoms with E-state index in [0.717, 1.165) is 21.7 Å². The van der Waals surface area contributed by atoms with E-state index in [4.69, 9.17) is 5.10 Å². The van der Waals surface area contributed by atoms with Crippen LogP contribution < -0.4 is 5.32 Å². The molecule has 0 saturated carbocycles. The third kappa shape index (κ3) is 5.52. The molecule has 1 aliphatic rings. The summed E-state index contributed by atoms with van der Waals surface area (Å²) < 4.78 is 1.85. The molecule has 35 heavy (non-hydrogen) atoms. The molecule has 0 atom stereocenters. The highest BCUT2D eigenvalue weighted by atomic mass is 32.1. The molecular formula is C28H28N4O2S. The Kier molecular flexibility index (Phi) is 7.04. The normalized spacial score (nSPS) is 14.1. The fourth-order valence-electron chi connectivity index (χ4n) is 4.47. The quantitative estimate of drug-likeness (QED) is 0.409. The van der Waals surface area contributed by atoms with Crippen molar-refractivity contribution in [3.05, 3.63) is 101 Å².